The highest BCUT2D eigenvalue weighted by atomic mass is 16.5. The first kappa shape index (κ1) is 20.9. The standard InChI is InChI=1S/C18H34O4/c1-13(2)11-15(5)21-17(19)9-7-8-10-18(20)22-16(6)12-14(3)4/h13-16H,7-12H2,1-6H3. The van der Waals surface area contributed by atoms with Crippen molar-refractivity contribution in [3.63, 3.8) is 0 Å². The quantitative estimate of drug-likeness (QED) is 0.416. The van der Waals surface area contributed by atoms with Crippen LogP contribution in [0, 0.1) is 11.8 Å². The largest absolute Gasteiger partial charge is 0.463 e. The summed E-state index contributed by atoms with van der Waals surface area (Å²) in [5.74, 6) is 0.695. The van der Waals surface area contributed by atoms with Crippen molar-refractivity contribution < 1.29 is 19.1 Å². The Labute approximate surface area is 135 Å². The van der Waals surface area contributed by atoms with E-state index in [1.54, 1.807) is 0 Å². The lowest BCUT2D eigenvalue weighted by Gasteiger charge is -2.16. The Morgan fingerprint density at radius 2 is 1.00 bits per heavy atom. The van der Waals surface area contributed by atoms with Gasteiger partial charge in [-0.3, -0.25) is 9.59 Å². The lowest BCUT2D eigenvalue weighted by atomic mass is 10.1. The van der Waals surface area contributed by atoms with Crippen LogP contribution in [-0.2, 0) is 19.1 Å². The van der Waals surface area contributed by atoms with Crippen LogP contribution >= 0.6 is 0 Å². The molecule has 0 radical (unpaired) electrons. The topological polar surface area (TPSA) is 52.6 Å². The Morgan fingerprint density at radius 3 is 1.27 bits per heavy atom. The molecular formula is C18H34O4. The van der Waals surface area contributed by atoms with E-state index in [9.17, 15) is 9.59 Å². The van der Waals surface area contributed by atoms with Gasteiger partial charge in [-0.2, -0.15) is 0 Å². The third kappa shape index (κ3) is 12.7. The minimum atomic E-state index is -0.172. The van der Waals surface area contributed by atoms with Crippen molar-refractivity contribution in [2.45, 2.75) is 92.3 Å². The molecule has 0 aliphatic rings. The molecule has 22 heavy (non-hydrogen) atoms. The molecule has 4 heteroatoms. The molecule has 0 aromatic carbocycles. The van der Waals surface area contributed by atoms with Crippen LogP contribution < -0.4 is 0 Å². The summed E-state index contributed by atoms with van der Waals surface area (Å²) >= 11 is 0. The highest BCUT2D eigenvalue weighted by Crippen LogP contribution is 2.12. The Balaban J connectivity index is 3.70. The molecule has 0 aromatic heterocycles. The number of carbonyl (C=O) groups excluding carboxylic acids is 2. The maximum atomic E-state index is 11.6. The molecule has 0 aromatic rings. The molecule has 0 spiro atoms. The van der Waals surface area contributed by atoms with Gasteiger partial charge in [0.05, 0.1) is 12.2 Å². The normalized spacial score (nSPS) is 14.0. The third-order valence-corrected chi connectivity index (χ3v) is 3.28. The van der Waals surface area contributed by atoms with Gasteiger partial charge in [0.2, 0.25) is 0 Å². The zero-order chi connectivity index (χ0) is 17.1. The lowest BCUT2D eigenvalue weighted by Crippen LogP contribution is -2.17. The zero-order valence-electron chi connectivity index (χ0n) is 15.2. The Bertz CT molecular complexity index is 291. The number of ether oxygens (including phenoxy) is 2. The summed E-state index contributed by atoms with van der Waals surface area (Å²) in [6, 6.07) is 0. The van der Waals surface area contributed by atoms with Crippen LogP contribution in [0.5, 0.6) is 0 Å². The fourth-order valence-electron chi connectivity index (χ4n) is 2.53. The minimum Gasteiger partial charge on any atom is -0.463 e. The van der Waals surface area contributed by atoms with Crippen molar-refractivity contribution in [3.8, 4) is 0 Å². The maximum absolute atomic E-state index is 11.6. The first-order valence-corrected chi connectivity index (χ1v) is 8.59. The van der Waals surface area contributed by atoms with Crippen LogP contribution in [0.2, 0.25) is 0 Å². The second-order valence-corrected chi connectivity index (χ2v) is 7.07. The van der Waals surface area contributed by atoms with Gasteiger partial charge in [-0.25, -0.2) is 0 Å². The predicted octanol–water partition coefficient (Wildman–Crippen LogP) is 4.50. The molecular weight excluding hydrogens is 280 g/mol. The Kier molecular flexibility index (Phi) is 10.9. The smallest absolute Gasteiger partial charge is 0.306 e. The number of carbonyl (C=O) groups is 2. The zero-order valence-corrected chi connectivity index (χ0v) is 15.2. The van der Waals surface area contributed by atoms with Gasteiger partial charge < -0.3 is 9.47 Å². The second-order valence-electron chi connectivity index (χ2n) is 7.07. The summed E-state index contributed by atoms with van der Waals surface area (Å²) in [5, 5.41) is 0. The molecule has 0 aliphatic heterocycles. The summed E-state index contributed by atoms with van der Waals surface area (Å²) in [4.78, 5) is 23.3. The van der Waals surface area contributed by atoms with Gasteiger partial charge in [0, 0.05) is 12.8 Å². The SMILES string of the molecule is CC(C)CC(C)OC(=O)CCCCC(=O)OC(C)CC(C)C. The van der Waals surface area contributed by atoms with E-state index in [0.29, 0.717) is 37.5 Å². The molecule has 4 nitrogen and oxygen atoms in total. The highest BCUT2D eigenvalue weighted by Gasteiger charge is 2.13. The summed E-state index contributed by atoms with van der Waals surface area (Å²) in [5.41, 5.74) is 0. The van der Waals surface area contributed by atoms with Crippen molar-refractivity contribution in [2.75, 3.05) is 0 Å². The second kappa shape index (κ2) is 11.5. The first-order chi connectivity index (χ1) is 10.2. The fourth-order valence-corrected chi connectivity index (χ4v) is 2.53. The Morgan fingerprint density at radius 1 is 0.682 bits per heavy atom. The molecule has 0 saturated heterocycles. The molecule has 0 bridgehead atoms. The molecule has 0 amide bonds. The van der Waals surface area contributed by atoms with Crippen molar-refractivity contribution >= 4 is 11.9 Å². The molecule has 0 saturated carbocycles. The van der Waals surface area contributed by atoms with Crippen LogP contribution in [0.25, 0.3) is 0 Å². The third-order valence-electron chi connectivity index (χ3n) is 3.28. The predicted molar refractivity (Wildman–Crippen MR) is 88.5 cm³/mol. The van der Waals surface area contributed by atoms with E-state index in [-0.39, 0.29) is 24.1 Å². The van der Waals surface area contributed by atoms with E-state index in [0.717, 1.165) is 12.8 Å². The first-order valence-electron chi connectivity index (χ1n) is 8.59. The van der Waals surface area contributed by atoms with Gasteiger partial charge in [0.1, 0.15) is 0 Å². The maximum Gasteiger partial charge on any atom is 0.306 e. The van der Waals surface area contributed by atoms with Crippen molar-refractivity contribution in [2.24, 2.45) is 11.8 Å². The molecule has 130 valence electrons. The number of hydrogen-bond acceptors (Lipinski definition) is 4. The van der Waals surface area contributed by atoms with Gasteiger partial charge in [0.15, 0.2) is 0 Å². The minimum absolute atomic E-state index is 0.0330. The average Bonchev–Trinajstić information content (AvgIpc) is 2.32. The lowest BCUT2D eigenvalue weighted by molar-refractivity contribution is -0.151. The van der Waals surface area contributed by atoms with Gasteiger partial charge in [-0.1, -0.05) is 27.7 Å². The van der Waals surface area contributed by atoms with Crippen molar-refractivity contribution in [1.29, 1.82) is 0 Å². The molecule has 2 atom stereocenters. The fraction of sp³-hybridized carbons (Fsp3) is 0.889. The average molecular weight is 314 g/mol. The van der Waals surface area contributed by atoms with E-state index < -0.39 is 0 Å². The number of esters is 2. The number of unbranched alkanes of at least 4 members (excludes halogenated alkanes) is 1. The molecule has 0 heterocycles. The van der Waals surface area contributed by atoms with Gasteiger partial charge in [0.25, 0.3) is 0 Å². The van der Waals surface area contributed by atoms with Crippen molar-refractivity contribution in [3.05, 3.63) is 0 Å². The summed E-state index contributed by atoms with van der Waals surface area (Å²) in [6.07, 6.45) is 3.78. The number of rotatable bonds is 11. The van der Waals surface area contributed by atoms with Crippen molar-refractivity contribution in [1.82, 2.24) is 0 Å². The van der Waals surface area contributed by atoms with E-state index in [1.165, 1.54) is 0 Å². The van der Waals surface area contributed by atoms with Crippen LogP contribution in [0.4, 0.5) is 0 Å². The highest BCUT2D eigenvalue weighted by molar-refractivity contribution is 5.70. The van der Waals surface area contributed by atoms with E-state index in [1.807, 2.05) is 13.8 Å². The number of hydrogen-bond donors (Lipinski definition) is 0. The van der Waals surface area contributed by atoms with Gasteiger partial charge in [-0.05, 0) is 51.4 Å². The van der Waals surface area contributed by atoms with Crippen LogP contribution in [-0.4, -0.2) is 24.1 Å². The Hall–Kier alpha value is -1.06. The molecule has 0 rings (SSSR count). The molecule has 0 fully saturated rings. The van der Waals surface area contributed by atoms with Crippen LogP contribution in [0.3, 0.4) is 0 Å². The molecule has 0 aliphatic carbocycles. The van der Waals surface area contributed by atoms with Gasteiger partial charge in [-0.15, -0.1) is 0 Å². The van der Waals surface area contributed by atoms with E-state index >= 15 is 0 Å². The summed E-state index contributed by atoms with van der Waals surface area (Å²) in [7, 11) is 0. The van der Waals surface area contributed by atoms with Crippen LogP contribution in [0.1, 0.15) is 80.1 Å². The van der Waals surface area contributed by atoms with E-state index in [4.69, 9.17) is 9.47 Å². The molecule has 2 unspecified atom stereocenters. The van der Waals surface area contributed by atoms with Crippen LogP contribution in [0.15, 0.2) is 0 Å². The van der Waals surface area contributed by atoms with Gasteiger partial charge >= 0.3 is 11.9 Å². The molecule has 0 N–H and O–H groups in total. The summed E-state index contributed by atoms with van der Waals surface area (Å²) < 4.78 is 10.6. The van der Waals surface area contributed by atoms with E-state index in [2.05, 4.69) is 27.7 Å². The summed E-state index contributed by atoms with van der Waals surface area (Å²) in [6.45, 7) is 12.3. The monoisotopic (exact) mass is 314 g/mol.